The van der Waals surface area contributed by atoms with Crippen LogP contribution in [0.3, 0.4) is 0 Å². The van der Waals surface area contributed by atoms with E-state index in [0.717, 1.165) is 6.04 Å². The molecule has 3 aliphatic rings. The third kappa shape index (κ3) is 0.672. The van der Waals surface area contributed by atoms with Gasteiger partial charge in [0.15, 0.2) is 0 Å². The summed E-state index contributed by atoms with van der Waals surface area (Å²) in [6, 6.07) is 0.977. The zero-order chi connectivity index (χ0) is 7.19. The molecule has 0 aromatic heterocycles. The van der Waals surface area contributed by atoms with Gasteiger partial charge >= 0.3 is 0 Å². The molecule has 58 valence electrons. The van der Waals surface area contributed by atoms with Gasteiger partial charge in [0, 0.05) is 11.6 Å². The van der Waals surface area contributed by atoms with Crippen molar-refractivity contribution in [3.8, 4) is 0 Å². The van der Waals surface area contributed by atoms with Crippen LogP contribution >= 0.6 is 0 Å². The van der Waals surface area contributed by atoms with Gasteiger partial charge in [0.1, 0.15) is 0 Å². The van der Waals surface area contributed by atoms with E-state index < -0.39 is 0 Å². The molecule has 1 heteroatoms. The van der Waals surface area contributed by atoms with Crippen molar-refractivity contribution in [2.75, 3.05) is 6.54 Å². The Kier molecular flexibility index (Phi) is 1.31. The molecule has 0 spiro atoms. The number of hydrogen-bond acceptors (Lipinski definition) is 1. The molecule has 2 atom stereocenters. The molecule has 1 unspecified atom stereocenters. The van der Waals surface area contributed by atoms with Crippen LogP contribution in [-0.2, 0) is 0 Å². The van der Waals surface area contributed by atoms with Crippen molar-refractivity contribution in [2.45, 2.75) is 51.1 Å². The van der Waals surface area contributed by atoms with Crippen molar-refractivity contribution in [3.05, 3.63) is 0 Å². The predicted molar refractivity (Wildman–Crippen MR) is 43.0 cm³/mol. The number of hydrogen-bond donors (Lipinski definition) is 0. The lowest BCUT2D eigenvalue weighted by Crippen LogP contribution is -2.57. The maximum absolute atomic E-state index is 2.70. The van der Waals surface area contributed by atoms with Crippen LogP contribution in [0, 0.1) is 0 Å². The molecule has 10 heavy (non-hydrogen) atoms. The van der Waals surface area contributed by atoms with E-state index in [1.807, 2.05) is 0 Å². The van der Waals surface area contributed by atoms with Crippen molar-refractivity contribution in [1.82, 2.24) is 4.90 Å². The van der Waals surface area contributed by atoms with Gasteiger partial charge in [0.25, 0.3) is 0 Å². The lowest BCUT2D eigenvalue weighted by molar-refractivity contribution is 0.000292. The van der Waals surface area contributed by atoms with E-state index in [-0.39, 0.29) is 0 Å². The lowest BCUT2D eigenvalue weighted by atomic mass is 9.89. The fraction of sp³-hybridized carbons (Fsp3) is 1.00. The Labute approximate surface area is 63.4 Å². The van der Waals surface area contributed by atoms with Crippen LogP contribution in [0.1, 0.15) is 39.5 Å². The Hall–Kier alpha value is -0.0400. The van der Waals surface area contributed by atoms with E-state index in [0.29, 0.717) is 5.54 Å². The smallest absolute Gasteiger partial charge is 0.0199 e. The van der Waals surface area contributed by atoms with E-state index >= 15 is 0 Å². The van der Waals surface area contributed by atoms with Crippen LogP contribution in [0.15, 0.2) is 0 Å². The zero-order valence-corrected chi connectivity index (χ0v) is 7.06. The second-order valence-electron chi connectivity index (χ2n) is 4.09. The second kappa shape index (κ2) is 1.97. The first-order valence-corrected chi connectivity index (χ1v) is 4.53. The quantitative estimate of drug-likeness (QED) is 0.565. The van der Waals surface area contributed by atoms with Crippen molar-refractivity contribution in [3.63, 3.8) is 0 Å². The van der Waals surface area contributed by atoms with Crippen molar-refractivity contribution in [1.29, 1.82) is 0 Å². The third-order valence-corrected chi connectivity index (χ3v) is 3.29. The molecule has 2 heterocycles. The Bertz CT molecular complexity index is 140. The minimum Gasteiger partial charge on any atom is -0.295 e. The van der Waals surface area contributed by atoms with Gasteiger partial charge in [-0.25, -0.2) is 0 Å². The molecule has 2 saturated heterocycles. The molecule has 2 aliphatic heterocycles. The van der Waals surface area contributed by atoms with Gasteiger partial charge < -0.3 is 0 Å². The molecule has 0 aromatic carbocycles. The summed E-state index contributed by atoms with van der Waals surface area (Å²) in [6.07, 6.45) is 5.73. The van der Waals surface area contributed by atoms with Gasteiger partial charge in [-0.05, 0) is 39.2 Å². The van der Waals surface area contributed by atoms with Gasteiger partial charge in [-0.3, -0.25) is 4.90 Å². The fourth-order valence-corrected chi connectivity index (χ4v) is 2.74. The highest BCUT2D eigenvalue weighted by Gasteiger charge is 2.52. The average Bonchev–Trinajstić information content (AvgIpc) is 2.39. The van der Waals surface area contributed by atoms with Gasteiger partial charge in [-0.2, -0.15) is 0 Å². The summed E-state index contributed by atoms with van der Waals surface area (Å²) in [6.45, 7) is 6.04. The van der Waals surface area contributed by atoms with Gasteiger partial charge in [0.2, 0.25) is 0 Å². The molecule has 0 aromatic rings. The molecular formula is C9H17N. The van der Waals surface area contributed by atoms with E-state index in [1.54, 1.807) is 0 Å². The molecule has 0 radical (unpaired) electrons. The molecule has 1 saturated carbocycles. The van der Waals surface area contributed by atoms with Gasteiger partial charge in [0.05, 0.1) is 0 Å². The summed E-state index contributed by atoms with van der Waals surface area (Å²) in [5.41, 5.74) is 0.640. The first-order valence-electron chi connectivity index (χ1n) is 4.53. The molecule has 1 aliphatic carbocycles. The Morgan fingerprint density at radius 3 is 2.80 bits per heavy atom. The van der Waals surface area contributed by atoms with Crippen molar-refractivity contribution in [2.24, 2.45) is 0 Å². The van der Waals surface area contributed by atoms with Gasteiger partial charge in [-0.1, -0.05) is 6.92 Å². The number of fused-ring (bicyclic) bond motifs is 1. The van der Waals surface area contributed by atoms with Crippen LogP contribution in [0.4, 0.5) is 0 Å². The molecule has 3 rings (SSSR count). The maximum atomic E-state index is 2.70. The van der Waals surface area contributed by atoms with Crippen LogP contribution < -0.4 is 0 Å². The van der Waals surface area contributed by atoms with Crippen molar-refractivity contribution >= 4 is 0 Å². The molecule has 1 nitrogen and oxygen atoms in total. The van der Waals surface area contributed by atoms with E-state index in [2.05, 4.69) is 18.7 Å². The monoisotopic (exact) mass is 139 g/mol. The minimum absolute atomic E-state index is 0.640. The van der Waals surface area contributed by atoms with Crippen molar-refractivity contribution < 1.29 is 0 Å². The van der Waals surface area contributed by atoms with Crippen LogP contribution in [0.2, 0.25) is 0 Å². The first kappa shape index (κ1) is 6.66. The van der Waals surface area contributed by atoms with E-state index in [9.17, 15) is 0 Å². The number of nitrogens with zero attached hydrogens (tertiary/aromatic N) is 1. The summed E-state index contributed by atoms with van der Waals surface area (Å²) in [5, 5.41) is 0. The van der Waals surface area contributed by atoms with Crippen LogP contribution in [-0.4, -0.2) is 23.0 Å². The Morgan fingerprint density at radius 1 is 1.60 bits per heavy atom. The van der Waals surface area contributed by atoms with Crippen LogP contribution in [0.5, 0.6) is 0 Å². The van der Waals surface area contributed by atoms with Crippen LogP contribution in [0.25, 0.3) is 0 Å². The summed E-state index contributed by atoms with van der Waals surface area (Å²) in [5.74, 6) is 0. The highest BCUT2D eigenvalue weighted by atomic mass is 15.3. The summed E-state index contributed by atoms with van der Waals surface area (Å²) in [7, 11) is 0. The van der Waals surface area contributed by atoms with E-state index in [4.69, 9.17) is 0 Å². The molecule has 0 amide bonds. The SMILES string of the molecule is CCCN1[C@@H]2CCC1(C)C2. The standard InChI is InChI=1S/C9H17N/c1-3-6-10-8-4-5-9(10,2)7-8/h8H,3-7H2,1-2H3/t8-,9?/m1/s1. The average molecular weight is 139 g/mol. The Balaban J connectivity index is 2.00. The van der Waals surface area contributed by atoms with Gasteiger partial charge in [-0.15, -0.1) is 0 Å². The number of rotatable bonds is 2. The molecule has 2 bridgehead atoms. The lowest BCUT2D eigenvalue weighted by Gasteiger charge is -2.49. The molecule has 0 N–H and O–H groups in total. The highest BCUT2D eigenvalue weighted by Crippen LogP contribution is 2.49. The highest BCUT2D eigenvalue weighted by molar-refractivity contribution is 5.09. The molecular weight excluding hydrogens is 122 g/mol. The zero-order valence-electron chi connectivity index (χ0n) is 7.06. The summed E-state index contributed by atoms with van der Waals surface area (Å²) in [4.78, 5) is 2.70. The normalized spacial score (nSPS) is 45.6. The summed E-state index contributed by atoms with van der Waals surface area (Å²) < 4.78 is 0. The minimum atomic E-state index is 0.640. The van der Waals surface area contributed by atoms with E-state index in [1.165, 1.54) is 32.2 Å². The topological polar surface area (TPSA) is 3.24 Å². The molecule has 3 fully saturated rings. The largest absolute Gasteiger partial charge is 0.295 e. The third-order valence-electron chi connectivity index (χ3n) is 3.29. The predicted octanol–water partition coefficient (Wildman–Crippen LogP) is 2.02. The summed E-state index contributed by atoms with van der Waals surface area (Å²) >= 11 is 0. The Morgan fingerprint density at radius 2 is 2.40 bits per heavy atom. The fourth-order valence-electron chi connectivity index (χ4n) is 2.74. The first-order chi connectivity index (χ1) is 4.76. The maximum Gasteiger partial charge on any atom is 0.0199 e. The second-order valence-corrected chi connectivity index (χ2v) is 4.09.